The van der Waals surface area contributed by atoms with E-state index in [1.165, 1.54) is 12.1 Å². The highest BCUT2D eigenvalue weighted by Gasteiger charge is 2.14. The van der Waals surface area contributed by atoms with Crippen LogP contribution >= 0.6 is 0 Å². The van der Waals surface area contributed by atoms with Crippen molar-refractivity contribution >= 4 is 0 Å². The third-order valence-corrected chi connectivity index (χ3v) is 4.42. The van der Waals surface area contributed by atoms with E-state index in [0.717, 1.165) is 39.3 Å². The van der Waals surface area contributed by atoms with E-state index in [4.69, 9.17) is 5.73 Å². The lowest BCUT2D eigenvalue weighted by molar-refractivity contribution is 0.628. The standard InChI is InChI=1S/C22H18FN3/c23-18-11-9-15(10-12-18)21-17(13-24)7-4-8-19(21)20-14-25-22(26-20)16-5-2-1-3-6-16/h1-12,14H,13,24H2,(H,25,26). The second kappa shape index (κ2) is 6.94. The normalized spacial score (nSPS) is 10.8. The lowest BCUT2D eigenvalue weighted by Gasteiger charge is -2.13. The number of nitrogens with zero attached hydrogens (tertiary/aromatic N) is 1. The zero-order chi connectivity index (χ0) is 17.9. The fraction of sp³-hybridized carbons (Fsp3) is 0.0455. The number of halogens is 1. The van der Waals surface area contributed by atoms with Gasteiger partial charge >= 0.3 is 0 Å². The van der Waals surface area contributed by atoms with E-state index in [1.807, 2.05) is 54.7 Å². The topological polar surface area (TPSA) is 54.7 Å². The maximum Gasteiger partial charge on any atom is 0.137 e. The maximum absolute atomic E-state index is 13.4. The molecule has 1 aromatic heterocycles. The van der Waals surface area contributed by atoms with Gasteiger partial charge in [0, 0.05) is 17.7 Å². The lowest BCUT2D eigenvalue weighted by atomic mass is 9.93. The molecule has 0 saturated heterocycles. The van der Waals surface area contributed by atoms with Gasteiger partial charge < -0.3 is 10.7 Å². The molecule has 4 aromatic rings. The van der Waals surface area contributed by atoms with Crippen LogP contribution in [0.1, 0.15) is 5.56 Å². The molecule has 0 fully saturated rings. The number of benzene rings is 3. The number of nitrogens with two attached hydrogens (primary N) is 1. The molecule has 26 heavy (non-hydrogen) atoms. The van der Waals surface area contributed by atoms with E-state index in [-0.39, 0.29) is 5.82 Å². The van der Waals surface area contributed by atoms with Crippen LogP contribution in [-0.2, 0) is 6.54 Å². The van der Waals surface area contributed by atoms with Crippen molar-refractivity contribution in [3.05, 3.63) is 90.4 Å². The highest BCUT2D eigenvalue weighted by Crippen LogP contribution is 2.35. The number of aromatic amines is 1. The van der Waals surface area contributed by atoms with Crippen molar-refractivity contribution in [3.63, 3.8) is 0 Å². The molecule has 0 radical (unpaired) electrons. The number of hydrogen-bond donors (Lipinski definition) is 2. The largest absolute Gasteiger partial charge is 0.338 e. The van der Waals surface area contributed by atoms with Crippen LogP contribution in [-0.4, -0.2) is 9.97 Å². The van der Waals surface area contributed by atoms with Crippen LogP contribution in [0.15, 0.2) is 79.0 Å². The van der Waals surface area contributed by atoms with Gasteiger partial charge in [0.25, 0.3) is 0 Å². The maximum atomic E-state index is 13.4. The third-order valence-electron chi connectivity index (χ3n) is 4.42. The first kappa shape index (κ1) is 16.2. The SMILES string of the molecule is NCc1cccc(-c2cnc(-c3ccccc3)[nH]2)c1-c1ccc(F)cc1. The molecular formula is C22H18FN3. The first-order valence-electron chi connectivity index (χ1n) is 8.45. The van der Waals surface area contributed by atoms with Crippen LogP contribution < -0.4 is 5.73 Å². The Labute approximate surface area is 151 Å². The Bertz CT molecular complexity index is 1020. The fourth-order valence-corrected chi connectivity index (χ4v) is 3.15. The summed E-state index contributed by atoms with van der Waals surface area (Å²) in [4.78, 5) is 7.91. The summed E-state index contributed by atoms with van der Waals surface area (Å²) >= 11 is 0. The Balaban J connectivity index is 1.85. The van der Waals surface area contributed by atoms with E-state index in [9.17, 15) is 4.39 Å². The van der Waals surface area contributed by atoms with Crippen LogP contribution in [0.4, 0.5) is 4.39 Å². The molecule has 3 N–H and O–H groups in total. The van der Waals surface area contributed by atoms with Gasteiger partial charge in [-0.3, -0.25) is 0 Å². The average Bonchev–Trinajstić information content (AvgIpc) is 3.19. The van der Waals surface area contributed by atoms with Crippen molar-refractivity contribution in [3.8, 4) is 33.8 Å². The Kier molecular flexibility index (Phi) is 4.33. The summed E-state index contributed by atoms with van der Waals surface area (Å²) in [5.41, 5.74) is 11.8. The van der Waals surface area contributed by atoms with Crippen LogP contribution in [0.2, 0.25) is 0 Å². The van der Waals surface area contributed by atoms with Crippen LogP contribution in [0.25, 0.3) is 33.8 Å². The molecule has 0 amide bonds. The van der Waals surface area contributed by atoms with Gasteiger partial charge in [0.15, 0.2) is 0 Å². The van der Waals surface area contributed by atoms with Crippen molar-refractivity contribution in [2.45, 2.75) is 6.54 Å². The predicted octanol–water partition coefficient (Wildman–Crippen LogP) is 5.01. The van der Waals surface area contributed by atoms with E-state index in [0.29, 0.717) is 6.54 Å². The molecule has 1 heterocycles. The van der Waals surface area contributed by atoms with Crippen LogP contribution in [0.3, 0.4) is 0 Å². The second-order valence-corrected chi connectivity index (χ2v) is 6.06. The van der Waals surface area contributed by atoms with E-state index >= 15 is 0 Å². The van der Waals surface area contributed by atoms with E-state index < -0.39 is 0 Å². The molecule has 4 rings (SSSR count). The zero-order valence-corrected chi connectivity index (χ0v) is 14.1. The molecule has 0 saturated carbocycles. The first-order chi connectivity index (χ1) is 12.8. The molecule has 4 heteroatoms. The minimum Gasteiger partial charge on any atom is -0.338 e. The Morgan fingerprint density at radius 3 is 2.35 bits per heavy atom. The highest BCUT2D eigenvalue weighted by atomic mass is 19.1. The predicted molar refractivity (Wildman–Crippen MR) is 103 cm³/mol. The molecule has 0 bridgehead atoms. The fourth-order valence-electron chi connectivity index (χ4n) is 3.15. The molecule has 0 aliphatic heterocycles. The molecule has 0 atom stereocenters. The summed E-state index contributed by atoms with van der Waals surface area (Å²) in [7, 11) is 0. The summed E-state index contributed by atoms with van der Waals surface area (Å²) in [5, 5.41) is 0. The summed E-state index contributed by atoms with van der Waals surface area (Å²) in [6.45, 7) is 0.403. The molecule has 128 valence electrons. The van der Waals surface area contributed by atoms with Gasteiger partial charge in [-0.25, -0.2) is 9.37 Å². The van der Waals surface area contributed by atoms with Gasteiger partial charge in [0.2, 0.25) is 0 Å². The van der Waals surface area contributed by atoms with Crippen LogP contribution in [0.5, 0.6) is 0 Å². The molecule has 0 unspecified atom stereocenters. The minimum absolute atomic E-state index is 0.256. The van der Waals surface area contributed by atoms with E-state index in [1.54, 1.807) is 12.1 Å². The summed E-state index contributed by atoms with van der Waals surface area (Å²) in [5.74, 6) is 0.553. The molecule has 3 nitrogen and oxygen atoms in total. The molecule has 0 aliphatic carbocycles. The molecule has 0 aliphatic rings. The number of aromatic nitrogens is 2. The summed E-state index contributed by atoms with van der Waals surface area (Å²) in [6, 6.07) is 22.5. The molecular weight excluding hydrogens is 325 g/mol. The van der Waals surface area contributed by atoms with E-state index in [2.05, 4.69) is 9.97 Å². The third kappa shape index (κ3) is 3.03. The number of hydrogen-bond acceptors (Lipinski definition) is 2. The highest BCUT2D eigenvalue weighted by molar-refractivity contribution is 5.84. The van der Waals surface area contributed by atoms with Crippen LogP contribution in [0, 0.1) is 5.82 Å². The zero-order valence-electron chi connectivity index (χ0n) is 14.1. The monoisotopic (exact) mass is 343 g/mol. The average molecular weight is 343 g/mol. The van der Waals surface area contributed by atoms with Crippen molar-refractivity contribution in [1.29, 1.82) is 0 Å². The summed E-state index contributed by atoms with van der Waals surface area (Å²) < 4.78 is 13.4. The van der Waals surface area contributed by atoms with Gasteiger partial charge in [0.05, 0.1) is 11.9 Å². The number of H-pyrrole nitrogens is 1. The number of imidazole rings is 1. The van der Waals surface area contributed by atoms with Crippen molar-refractivity contribution in [2.24, 2.45) is 5.73 Å². The van der Waals surface area contributed by atoms with Gasteiger partial charge in [0.1, 0.15) is 11.6 Å². The number of nitrogens with one attached hydrogen (secondary N) is 1. The lowest BCUT2D eigenvalue weighted by Crippen LogP contribution is -2.00. The van der Waals surface area contributed by atoms with Gasteiger partial charge in [-0.15, -0.1) is 0 Å². The smallest absolute Gasteiger partial charge is 0.137 e. The molecule has 0 spiro atoms. The van der Waals surface area contributed by atoms with Gasteiger partial charge in [-0.2, -0.15) is 0 Å². The Hall–Kier alpha value is -3.24. The van der Waals surface area contributed by atoms with Crippen molar-refractivity contribution < 1.29 is 4.39 Å². The molecule has 3 aromatic carbocycles. The van der Waals surface area contributed by atoms with Crippen molar-refractivity contribution in [1.82, 2.24) is 9.97 Å². The quantitative estimate of drug-likeness (QED) is 0.547. The van der Waals surface area contributed by atoms with Crippen molar-refractivity contribution in [2.75, 3.05) is 0 Å². The Morgan fingerprint density at radius 2 is 1.62 bits per heavy atom. The first-order valence-corrected chi connectivity index (χ1v) is 8.45. The Morgan fingerprint density at radius 1 is 0.846 bits per heavy atom. The van der Waals surface area contributed by atoms with Gasteiger partial charge in [-0.1, -0.05) is 60.7 Å². The van der Waals surface area contributed by atoms with Gasteiger partial charge in [-0.05, 0) is 28.8 Å². The summed E-state index contributed by atoms with van der Waals surface area (Å²) in [6.07, 6.45) is 1.82. The number of rotatable bonds is 4. The second-order valence-electron chi connectivity index (χ2n) is 6.06. The minimum atomic E-state index is -0.256.